The number of benzene rings is 1. The third-order valence-corrected chi connectivity index (χ3v) is 7.56. The highest BCUT2D eigenvalue weighted by Crippen LogP contribution is 2.42. The van der Waals surface area contributed by atoms with Crippen LogP contribution in [0.3, 0.4) is 0 Å². The third-order valence-electron chi connectivity index (χ3n) is 5.80. The molecule has 7 nitrogen and oxygen atoms in total. The van der Waals surface area contributed by atoms with Crippen molar-refractivity contribution >= 4 is 16.2 Å². The van der Waals surface area contributed by atoms with E-state index in [9.17, 15) is 13.2 Å². The lowest BCUT2D eigenvalue weighted by atomic mass is 9.88. The number of methoxy groups -OCH3 is 1. The van der Waals surface area contributed by atoms with Crippen molar-refractivity contribution in [2.45, 2.75) is 84.3 Å². The minimum atomic E-state index is -3.80. The lowest BCUT2D eigenvalue weighted by Gasteiger charge is -2.35. The van der Waals surface area contributed by atoms with E-state index in [1.54, 1.807) is 12.2 Å². The summed E-state index contributed by atoms with van der Waals surface area (Å²) in [7, 11) is -2.56. The molecule has 0 fully saturated rings. The lowest BCUT2D eigenvalue weighted by molar-refractivity contribution is 0.0815. The van der Waals surface area contributed by atoms with Gasteiger partial charge in [0.1, 0.15) is 18.0 Å². The number of nitrogens with one attached hydrogen (secondary N) is 1. The first-order valence-electron chi connectivity index (χ1n) is 11.0. The summed E-state index contributed by atoms with van der Waals surface area (Å²) in [6.07, 6.45) is 4.78. The minimum Gasteiger partial charge on any atom is -0.487 e. The van der Waals surface area contributed by atoms with Gasteiger partial charge in [-0.1, -0.05) is 19.9 Å². The second-order valence-electron chi connectivity index (χ2n) is 9.42. The highest BCUT2D eigenvalue weighted by atomic mass is 32.2. The number of ether oxygens (including phenoxy) is 3. The molecule has 0 saturated carbocycles. The Morgan fingerprint density at radius 1 is 1.19 bits per heavy atom. The maximum atomic E-state index is 13.5. The zero-order valence-corrected chi connectivity index (χ0v) is 21.3. The van der Waals surface area contributed by atoms with Gasteiger partial charge in [-0.2, -0.15) is 0 Å². The van der Waals surface area contributed by atoms with E-state index in [1.807, 2.05) is 34.6 Å². The van der Waals surface area contributed by atoms with Crippen LogP contribution in [-0.4, -0.2) is 39.9 Å². The molecule has 1 heterocycles. The number of sulfonamides is 1. The van der Waals surface area contributed by atoms with Crippen molar-refractivity contribution in [3.8, 4) is 5.75 Å². The second-order valence-corrected chi connectivity index (χ2v) is 11.1. The topological polar surface area (TPSA) is 90.9 Å². The Morgan fingerprint density at radius 3 is 2.44 bits per heavy atom. The predicted molar refractivity (Wildman–Crippen MR) is 125 cm³/mol. The quantitative estimate of drug-likeness (QED) is 0.438. The minimum absolute atomic E-state index is 0.00608. The van der Waals surface area contributed by atoms with E-state index in [1.165, 1.54) is 7.11 Å². The Balaban J connectivity index is 2.37. The molecule has 1 aromatic carbocycles. The molecular weight excluding hydrogens is 430 g/mol. The Hall–Kier alpha value is -2.06. The second kappa shape index (κ2) is 10.3. The van der Waals surface area contributed by atoms with Crippen molar-refractivity contribution in [1.29, 1.82) is 0 Å². The van der Waals surface area contributed by atoms with Crippen molar-refractivity contribution in [1.82, 2.24) is 4.72 Å². The maximum absolute atomic E-state index is 13.5. The molecule has 1 N–H and O–H groups in total. The molecule has 1 unspecified atom stereocenters. The molecule has 0 aliphatic carbocycles. The molecule has 1 aliphatic heterocycles. The molecule has 2 rings (SSSR count). The van der Waals surface area contributed by atoms with Crippen LogP contribution in [0.2, 0.25) is 0 Å². The molecule has 0 saturated heterocycles. The van der Waals surface area contributed by atoms with Crippen LogP contribution in [0.15, 0.2) is 17.0 Å². The van der Waals surface area contributed by atoms with Gasteiger partial charge >= 0.3 is 6.16 Å². The first-order valence-corrected chi connectivity index (χ1v) is 12.5. The summed E-state index contributed by atoms with van der Waals surface area (Å²) < 4.78 is 45.4. The molecule has 0 bridgehead atoms. The first-order chi connectivity index (χ1) is 14.8. The fourth-order valence-electron chi connectivity index (χ4n) is 4.08. The molecule has 1 aliphatic rings. The zero-order valence-electron chi connectivity index (χ0n) is 20.5. The van der Waals surface area contributed by atoms with Crippen molar-refractivity contribution < 1.29 is 27.4 Å². The zero-order chi connectivity index (χ0) is 24.3. The molecule has 0 spiro atoms. The monoisotopic (exact) mass is 467 g/mol. The molecule has 0 aromatic heterocycles. The lowest BCUT2D eigenvalue weighted by Crippen LogP contribution is -2.37. The molecule has 1 atom stereocenters. The van der Waals surface area contributed by atoms with Crippen LogP contribution < -0.4 is 9.46 Å². The van der Waals surface area contributed by atoms with Crippen LogP contribution in [0.4, 0.5) is 4.79 Å². The Morgan fingerprint density at radius 2 is 1.84 bits per heavy atom. The molecule has 180 valence electrons. The number of hydrogen-bond donors (Lipinski definition) is 1. The molecule has 1 aromatic rings. The SMILES string of the molecule is COC(=O)OC/C=C/C(CC(C)C)NS(=O)(=O)c1c(C)c(C)c2c(c1C)CCC(C)(C)O2. The third kappa shape index (κ3) is 6.25. The number of carbonyl (C=O) groups is 1. The van der Waals surface area contributed by atoms with Gasteiger partial charge in [0.05, 0.1) is 12.0 Å². The van der Waals surface area contributed by atoms with Gasteiger partial charge in [0.2, 0.25) is 10.0 Å². The molecule has 32 heavy (non-hydrogen) atoms. The molecule has 8 heteroatoms. The fraction of sp³-hybridized carbons (Fsp3) is 0.625. The van der Waals surface area contributed by atoms with E-state index in [0.29, 0.717) is 16.9 Å². The van der Waals surface area contributed by atoms with Crippen LogP contribution in [0.1, 0.15) is 62.8 Å². The van der Waals surface area contributed by atoms with Crippen LogP contribution in [-0.2, 0) is 25.9 Å². The molecule has 0 amide bonds. The van der Waals surface area contributed by atoms with Gasteiger partial charge in [0.25, 0.3) is 0 Å². The summed E-state index contributed by atoms with van der Waals surface area (Å²) in [5.74, 6) is 1.07. The average Bonchev–Trinajstić information content (AvgIpc) is 2.67. The van der Waals surface area contributed by atoms with E-state index >= 15 is 0 Å². The summed E-state index contributed by atoms with van der Waals surface area (Å²) >= 11 is 0. The van der Waals surface area contributed by atoms with Crippen molar-refractivity contribution in [2.24, 2.45) is 5.92 Å². The normalized spacial score (nSPS) is 16.5. The van der Waals surface area contributed by atoms with Gasteiger partial charge in [0.15, 0.2) is 0 Å². The standard InChI is InChI=1S/C24H37NO6S/c1-15(2)14-19(10-9-13-30-23(26)29-8)25-32(27,28)22-17(4)16(3)21-20(18(22)5)11-12-24(6,7)31-21/h9-10,15,19,25H,11-14H2,1-8H3/b10-9+. The smallest absolute Gasteiger partial charge is 0.487 e. The Labute approximate surface area is 192 Å². The number of fused-ring (bicyclic) bond motifs is 1. The van der Waals surface area contributed by atoms with Crippen molar-refractivity contribution in [3.05, 3.63) is 34.4 Å². The van der Waals surface area contributed by atoms with Crippen LogP contribution in [0.5, 0.6) is 5.75 Å². The van der Waals surface area contributed by atoms with E-state index in [-0.39, 0.29) is 18.1 Å². The Kier molecular flexibility index (Phi) is 8.39. The first kappa shape index (κ1) is 26.2. The van der Waals surface area contributed by atoms with Gasteiger partial charge in [0, 0.05) is 6.04 Å². The van der Waals surface area contributed by atoms with Gasteiger partial charge < -0.3 is 14.2 Å². The highest BCUT2D eigenvalue weighted by molar-refractivity contribution is 7.89. The van der Waals surface area contributed by atoms with Gasteiger partial charge in [-0.25, -0.2) is 17.9 Å². The van der Waals surface area contributed by atoms with Crippen LogP contribution in [0.25, 0.3) is 0 Å². The van der Waals surface area contributed by atoms with Crippen molar-refractivity contribution in [2.75, 3.05) is 13.7 Å². The largest absolute Gasteiger partial charge is 0.508 e. The summed E-state index contributed by atoms with van der Waals surface area (Å²) in [4.78, 5) is 11.4. The van der Waals surface area contributed by atoms with Crippen molar-refractivity contribution in [3.63, 3.8) is 0 Å². The summed E-state index contributed by atoms with van der Waals surface area (Å²) in [6.45, 7) is 13.8. The highest BCUT2D eigenvalue weighted by Gasteiger charge is 2.34. The van der Waals surface area contributed by atoms with E-state index in [0.717, 1.165) is 35.3 Å². The van der Waals surface area contributed by atoms with Crippen LogP contribution >= 0.6 is 0 Å². The van der Waals surface area contributed by atoms with E-state index in [4.69, 9.17) is 9.47 Å². The predicted octanol–water partition coefficient (Wildman–Crippen LogP) is 4.75. The fourth-order valence-corrected chi connectivity index (χ4v) is 5.85. The van der Waals surface area contributed by atoms with E-state index < -0.39 is 22.2 Å². The number of carbonyl (C=O) groups excluding carboxylic acids is 1. The molecule has 0 radical (unpaired) electrons. The van der Waals surface area contributed by atoms with Gasteiger partial charge in [-0.15, -0.1) is 0 Å². The van der Waals surface area contributed by atoms with E-state index in [2.05, 4.69) is 23.3 Å². The summed E-state index contributed by atoms with van der Waals surface area (Å²) in [5.41, 5.74) is 3.01. The van der Waals surface area contributed by atoms with Gasteiger partial charge in [-0.05, 0) is 88.1 Å². The number of hydrogen-bond acceptors (Lipinski definition) is 6. The van der Waals surface area contributed by atoms with Crippen LogP contribution in [0, 0.1) is 26.7 Å². The maximum Gasteiger partial charge on any atom is 0.508 e. The Bertz CT molecular complexity index is 979. The summed E-state index contributed by atoms with van der Waals surface area (Å²) in [5, 5.41) is 0. The number of rotatable bonds is 8. The van der Waals surface area contributed by atoms with Gasteiger partial charge in [-0.3, -0.25) is 0 Å². The average molecular weight is 468 g/mol. The molecular formula is C24H37NO6S. The summed E-state index contributed by atoms with van der Waals surface area (Å²) in [6, 6.07) is -0.438.